The number of nitrogens with zero attached hydrogens (tertiary/aromatic N) is 2. The third-order valence-corrected chi connectivity index (χ3v) is 4.49. The van der Waals surface area contributed by atoms with Gasteiger partial charge in [-0.3, -0.25) is 14.5 Å². The molecule has 4 heteroatoms. The quantitative estimate of drug-likeness (QED) is 0.829. The lowest BCUT2D eigenvalue weighted by Gasteiger charge is -2.41. The van der Waals surface area contributed by atoms with Crippen LogP contribution in [0.4, 0.5) is 0 Å². The first-order chi connectivity index (χ1) is 9.42. The lowest BCUT2D eigenvalue weighted by Crippen LogP contribution is -2.59. The molecule has 3 rings (SSSR count). The van der Waals surface area contributed by atoms with E-state index in [0.717, 1.165) is 5.56 Å². The van der Waals surface area contributed by atoms with Gasteiger partial charge in [0.05, 0.1) is 5.56 Å². The smallest absolute Gasteiger partial charge is 0.274 e. The molecule has 2 aliphatic heterocycles. The lowest BCUT2D eigenvalue weighted by molar-refractivity contribution is -0.129. The maximum absolute atomic E-state index is 12.7. The number of benzene rings is 1. The van der Waals surface area contributed by atoms with Crippen LogP contribution >= 0.6 is 0 Å². The molecule has 4 nitrogen and oxygen atoms in total. The third kappa shape index (κ3) is 1.29. The molecule has 0 aromatic heterocycles. The fourth-order valence-electron chi connectivity index (χ4n) is 3.61. The number of hydrogen-bond donors (Lipinski definition) is 0. The van der Waals surface area contributed by atoms with E-state index in [1.165, 1.54) is 0 Å². The van der Waals surface area contributed by atoms with Crippen molar-refractivity contribution in [2.45, 2.75) is 33.2 Å². The lowest BCUT2D eigenvalue weighted by atomic mass is 9.75. The molecular formula is C16H18N2O2. The highest BCUT2D eigenvalue weighted by Gasteiger charge is 2.60. The minimum absolute atomic E-state index is 0.00881. The summed E-state index contributed by atoms with van der Waals surface area (Å²) in [6, 6.07) is 7.37. The van der Waals surface area contributed by atoms with Crippen molar-refractivity contribution in [3.05, 3.63) is 35.4 Å². The maximum atomic E-state index is 12.7. The topological polar surface area (TPSA) is 49.7 Å². The Hall–Kier alpha value is -1.97. The average molecular weight is 270 g/mol. The Balaban J connectivity index is 2.25. The van der Waals surface area contributed by atoms with Gasteiger partial charge >= 0.3 is 0 Å². The number of fused-ring (bicyclic) bond motifs is 3. The van der Waals surface area contributed by atoms with E-state index >= 15 is 0 Å². The number of carbonyl (C=O) groups is 2. The predicted molar refractivity (Wildman–Crippen MR) is 76.6 cm³/mol. The molecule has 104 valence electrons. The molecule has 20 heavy (non-hydrogen) atoms. The molecule has 2 amide bonds. The molecule has 0 aliphatic carbocycles. The third-order valence-electron chi connectivity index (χ3n) is 4.49. The second kappa shape index (κ2) is 4.01. The van der Waals surface area contributed by atoms with Crippen molar-refractivity contribution in [2.24, 2.45) is 16.8 Å². The highest BCUT2D eigenvalue weighted by Crippen LogP contribution is 2.43. The van der Waals surface area contributed by atoms with Crippen molar-refractivity contribution in [1.29, 1.82) is 0 Å². The van der Waals surface area contributed by atoms with E-state index < -0.39 is 5.54 Å². The molecule has 0 atom stereocenters. The van der Waals surface area contributed by atoms with E-state index in [1.54, 1.807) is 11.0 Å². The van der Waals surface area contributed by atoms with E-state index in [2.05, 4.69) is 4.99 Å². The van der Waals surface area contributed by atoms with Crippen LogP contribution < -0.4 is 0 Å². The normalized spacial score (nSPS) is 19.7. The van der Waals surface area contributed by atoms with Crippen LogP contribution in [0.1, 0.15) is 43.6 Å². The zero-order valence-electron chi connectivity index (χ0n) is 12.2. The first kappa shape index (κ1) is 13.0. The van der Waals surface area contributed by atoms with Gasteiger partial charge in [0, 0.05) is 5.56 Å². The molecular weight excluding hydrogens is 252 g/mol. The summed E-state index contributed by atoms with van der Waals surface area (Å²) in [5.74, 6) is 0.245. The Morgan fingerprint density at radius 1 is 1.00 bits per heavy atom. The summed E-state index contributed by atoms with van der Waals surface area (Å²) in [5, 5.41) is 0. The fourth-order valence-corrected chi connectivity index (χ4v) is 3.61. The number of aliphatic imine (C=N–C) groups is 1. The first-order valence-electron chi connectivity index (χ1n) is 6.99. The van der Waals surface area contributed by atoms with Gasteiger partial charge in [-0.25, -0.2) is 0 Å². The van der Waals surface area contributed by atoms with E-state index in [0.29, 0.717) is 11.4 Å². The van der Waals surface area contributed by atoms with Crippen LogP contribution in [0.25, 0.3) is 0 Å². The van der Waals surface area contributed by atoms with E-state index in [-0.39, 0.29) is 23.7 Å². The summed E-state index contributed by atoms with van der Waals surface area (Å²) in [5.41, 5.74) is 0.560. The summed E-state index contributed by atoms with van der Waals surface area (Å²) in [4.78, 5) is 31.2. The van der Waals surface area contributed by atoms with Crippen molar-refractivity contribution in [2.75, 3.05) is 0 Å². The zero-order chi connectivity index (χ0) is 14.7. The Labute approximate surface area is 118 Å². The Bertz CT molecular complexity index is 636. The summed E-state index contributed by atoms with van der Waals surface area (Å²) in [6.07, 6.45) is 0. The van der Waals surface area contributed by atoms with E-state index in [4.69, 9.17) is 0 Å². The number of rotatable bonds is 2. The van der Waals surface area contributed by atoms with Gasteiger partial charge in [0.15, 0.2) is 0 Å². The zero-order valence-corrected chi connectivity index (χ0v) is 12.2. The molecule has 0 saturated carbocycles. The standard InChI is InChI=1S/C16H18N2O2/c1-9(2)16(10(3)4)15(20)17-13-11-7-5-6-8-12(11)14(19)18(13)16/h5-10H,1-4H3. The van der Waals surface area contributed by atoms with Gasteiger partial charge in [0.25, 0.3) is 11.8 Å². The molecule has 0 saturated heterocycles. The molecule has 0 N–H and O–H groups in total. The van der Waals surface area contributed by atoms with Crippen LogP contribution in [0.15, 0.2) is 29.3 Å². The highest BCUT2D eigenvalue weighted by molar-refractivity contribution is 6.30. The summed E-state index contributed by atoms with van der Waals surface area (Å²) >= 11 is 0. The minimum Gasteiger partial charge on any atom is -0.276 e. The van der Waals surface area contributed by atoms with Crippen molar-refractivity contribution >= 4 is 17.6 Å². The monoisotopic (exact) mass is 270 g/mol. The molecule has 0 unspecified atom stereocenters. The summed E-state index contributed by atoms with van der Waals surface area (Å²) in [7, 11) is 0. The maximum Gasteiger partial charge on any atom is 0.274 e. The fraction of sp³-hybridized carbons (Fsp3) is 0.438. The molecule has 0 spiro atoms. The van der Waals surface area contributed by atoms with Crippen LogP contribution in [-0.2, 0) is 4.79 Å². The van der Waals surface area contributed by atoms with Crippen LogP contribution in [0, 0.1) is 11.8 Å². The van der Waals surface area contributed by atoms with Gasteiger partial charge in [0.1, 0.15) is 11.4 Å². The van der Waals surface area contributed by atoms with Gasteiger partial charge < -0.3 is 0 Å². The second-order valence-corrected chi connectivity index (χ2v) is 6.06. The van der Waals surface area contributed by atoms with E-state index in [1.807, 2.05) is 45.9 Å². The molecule has 2 aliphatic rings. The van der Waals surface area contributed by atoms with Crippen LogP contribution in [-0.4, -0.2) is 28.1 Å². The van der Waals surface area contributed by atoms with E-state index in [9.17, 15) is 9.59 Å². The van der Waals surface area contributed by atoms with Gasteiger partial charge in [-0.15, -0.1) is 0 Å². The van der Waals surface area contributed by atoms with Crippen molar-refractivity contribution in [3.8, 4) is 0 Å². The van der Waals surface area contributed by atoms with Crippen molar-refractivity contribution < 1.29 is 9.59 Å². The summed E-state index contributed by atoms with van der Waals surface area (Å²) < 4.78 is 0. The Morgan fingerprint density at radius 2 is 1.55 bits per heavy atom. The van der Waals surface area contributed by atoms with Crippen LogP contribution in [0.3, 0.4) is 0 Å². The van der Waals surface area contributed by atoms with Crippen LogP contribution in [0.2, 0.25) is 0 Å². The Kier molecular flexibility index (Phi) is 2.61. The molecule has 1 aromatic rings. The highest BCUT2D eigenvalue weighted by atomic mass is 16.2. The largest absolute Gasteiger partial charge is 0.276 e. The number of amidine groups is 1. The Morgan fingerprint density at radius 3 is 2.10 bits per heavy atom. The molecule has 1 aromatic carbocycles. The molecule has 2 heterocycles. The van der Waals surface area contributed by atoms with Gasteiger partial charge in [-0.1, -0.05) is 45.9 Å². The first-order valence-corrected chi connectivity index (χ1v) is 6.99. The van der Waals surface area contributed by atoms with Gasteiger partial charge in [0.2, 0.25) is 0 Å². The molecule has 0 bridgehead atoms. The van der Waals surface area contributed by atoms with Crippen molar-refractivity contribution in [3.63, 3.8) is 0 Å². The molecule has 0 fully saturated rings. The minimum atomic E-state index is -0.856. The SMILES string of the molecule is CC(C)C1(C(C)C)C(=O)N=C2c3ccccc3C(=O)N21. The predicted octanol–water partition coefficient (Wildman–Crippen LogP) is 2.48. The number of hydrogen-bond acceptors (Lipinski definition) is 2. The van der Waals surface area contributed by atoms with Gasteiger partial charge in [-0.2, -0.15) is 4.99 Å². The second-order valence-electron chi connectivity index (χ2n) is 6.06. The summed E-state index contributed by atoms with van der Waals surface area (Å²) in [6.45, 7) is 7.92. The van der Waals surface area contributed by atoms with Gasteiger partial charge in [-0.05, 0) is 17.9 Å². The molecule has 0 radical (unpaired) electrons. The van der Waals surface area contributed by atoms with Crippen molar-refractivity contribution in [1.82, 2.24) is 4.90 Å². The number of carbonyl (C=O) groups excluding carboxylic acids is 2. The number of amides is 2. The van der Waals surface area contributed by atoms with Crippen LogP contribution in [0.5, 0.6) is 0 Å². The average Bonchev–Trinajstić information content (AvgIpc) is 2.84.